The van der Waals surface area contributed by atoms with Crippen molar-refractivity contribution in [1.29, 1.82) is 0 Å². The minimum Gasteiger partial charge on any atom is -0.449 e. The van der Waals surface area contributed by atoms with Gasteiger partial charge in [0.1, 0.15) is 0 Å². The minimum absolute atomic E-state index is 0.0323. The molecule has 1 N–H and O–H groups in total. The molecule has 1 amide bonds. The molecule has 2 aromatic carbocycles. The maximum Gasteiger partial charge on any atom is 0.341 e. The molecule has 0 aliphatic carbocycles. The Morgan fingerprint density at radius 2 is 1.65 bits per heavy atom. The van der Waals surface area contributed by atoms with Gasteiger partial charge >= 0.3 is 5.97 Å². The SMILES string of the molecule is CC(=O)c1ccc(NC(=O)C(C)OC(=O)c2cc(S(=O)(=O)N(C)C)ccc2N2CCCC2)cc1. The molecule has 1 heterocycles. The van der Waals surface area contributed by atoms with Crippen LogP contribution >= 0.6 is 0 Å². The topological polar surface area (TPSA) is 113 Å². The van der Waals surface area contributed by atoms with Crippen LogP contribution in [0.4, 0.5) is 11.4 Å². The molecular weight excluding hydrogens is 458 g/mol. The van der Waals surface area contributed by atoms with Gasteiger partial charge < -0.3 is 15.0 Å². The predicted molar refractivity (Wildman–Crippen MR) is 129 cm³/mol. The van der Waals surface area contributed by atoms with Gasteiger partial charge in [0.2, 0.25) is 10.0 Å². The van der Waals surface area contributed by atoms with Gasteiger partial charge in [-0.3, -0.25) is 9.59 Å². The Kier molecular flexibility index (Phi) is 7.73. The number of sulfonamides is 1. The van der Waals surface area contributed by atoms with E-state index in [-0.39, 0.29) is 16.2 Å². The molecule has 3 rings (SSSR count). The molecule has 0 aromatic heterocycles. The fourth-order valence-electron chi connectivity index (χ4n) is 3.59. The molecule has 182 valence electrons. The molecule has 10 heteroatoms. The molecule has 1 atom stereocenters. The molecule has 1 aliphatic heterocycles. The smallest absolute Gasteiger partial charge is 0.341 e. The van der Waals surface area contributed by atoms with Crippen molar-refractivity contribution in [3.8, 4) is 0 Å². The van der Waals surface area contributed by atoms with Crippen LogP contribution in [0.25, 0.3) is 0 Å². The fourth-order valence-corrected chi connectivity index (χ4v) is 4.52. The Labute approximate surface area is 199 Å². The van der Waals surface area contributed by atoms with Crippen LogP contribution in [0, 0.1) is 0 Å². The predicted octanol–water partition coefficient (Wildman–Crippen LogP) is 2.92. The first-order valence-electron chi connectivity index (χ1n) is 10.9. The molecule has 34 heavy (non-hydrogen) atoms. The quantitative estimate of drug-likeness (QED) is 0.450. The number of benzene rings is 2. The summed E-state index contributed by atoms with van der Waals surface area (Å²) in [7, 11) is -0.937. The van der Waals surface area contributed by atoms with Gasteiger partial charge in [0.05, 0.1) is 16.1 Å². The van der Waals surface area contributed by atoms with Crippen molar-refractivity contribution in [3.63, 3.8) is 0 Å². The highest BCUT2D eigenvalue weighted by Crippen LogP contribution is 2.29. The Bertz CT molecular complexity index is 1190. The highest BCUT2D eigenvalue weighted by molar-refractivity contribution is 7.89. The summed E-state index contributed by atoms with van der Waals surface area (Å²) < 4.78 is 31.7. The van der Waals surface area contributed by atoms with Gasteiger partial charge in [0.15, 0.2) is 11.9 Å². The molecule has 0 radical (unpaired) electrons. The standard InChI is InChI=1S/C24H29N3O6S/c1-16(28)18-7-9-19(10-8-18)25-23(29)17(2)33-24(30)21-15-20(34(31,32)26(3)4)11-12-22(21)27-13-5-6-14-27/h7-12,15,17H,5-6,13-14H2,1-4H3,(H,25,29). The van der Waals surface area contributed by atoms with Crippen molar-refractivity contribution in [2.24, 2.45) is 0 Å². The van der Waals surface area contributed by atoms with Crippen LogP contribution in [0.1, 0.15) is 47.4 Å². The Morgan fingerprint density at radius 3 is 2.21 bits per heavy atom. The van der Waals surface area contributed by atoms with Gasteiger partial charge in [-0.15, -0.1) is 0 Å². The zero-order valence-electron chi connectivity index (χ0n) is 19.7. The van der Waals surface area contributed by atoms with Crippen molar-refractivity contribution < 1.29 is 27.5 Å². The summed E-state index contributed by atoms with van der Waals surface area (Å²) in [5.41, 5.74) is 1.64. The number of esters is 1. The van der Waals surface area contributed by atoms with Crippen LogP contribution < -0.4 is 10.2 Å². The lowest BCUT2D eigenvalue weighted by molar-refractivity contribution is -0.123. The van der Waals surface area contributed by atoms with Crippen molar-refractivity contribution in [3.05, 3.63) is 53.6 Å². The number of ether oxygens (including phenoxy) is 1. The van der Waals surface area contributed by atoms with Crippen molar-refractivity contribution in [2.75, 3.05) is 37.4 Å². The van der Waals surface area contributed by atoms with Crippen LogP contribution in [0.3, 0.4) is 0 Å². The molecule has 1 fully saturated rings. The fraction of sp³-hybridized carbons (Fsp3) is 0.375. The largest absolute Gasteiger partial charge is 0.449 e. The van der Waals surface area contributed by atoms with Crippen molar-refractivity contribution in [1.82, 2.24) is 4.31 Å². The van der Waals surface area contributed by atoms with Gasteiger partial charge in [0.25, 0.3) is 5.91 Å². The molecule has 1 aliphatic rings. The molecular formula is C24H29N3O6S. The average Bonchev–Trinajstić information content (AvgIpc) is 3.33. The maximum atomic E-state index is 13.1. The van der Waals surface area contributed by atoms with Crippen molar-refractivity contribution in [2.45, 2.75) is 37.7 Å². The van der Waals surface area contributed by atoms with E-state index in [9.17, 15) is 22.8 Å². The number of carbonyl (C=O) groups is 3. The maximum absolute atomic E-state index is 13.1. The molecule has 9 nitrogen and oxygen atoms in total. The Hall–Kier alpha value is -3.24. The lowest BCUT2D eigenvalue weighted by Crippen LogP contribution is -2.31. The number of hydrogen-bond donors (Lipinski definition) is 1. The first-order valence-corrected chi connectivity index (χ1v) is 12.4. The summed E-state index contributed by atoms with van der Waals surface area (Å²) in [5, 5.41) is 2.64. The van der Waals surface area contributed by atoms with Gasteiger partial charge in [0, 0.05) is 38.4 Å². The first-order chi connectivity index (χ1) is 16.0. The number of rotatable bonds is 8. The Balaban J connectivity index is 1.81. The first kappa shape index (κ1) is 25.4. The van der Waals surface area contributed by atoms with Gasteiger partial charge in [-0.25, -0.2) is 17.5 Å². The van der Waals surface area contributed by atoms with E-state index < -0.39 is 28.0 Å². The van der Waals surface area contributed by atoms with E-state index in [1.54, 1.807) is 30.3 Å². The summed E-state index contributed by atoms with van der Waals surface area (Å²) in [6, 6.07) is 10.7. The van der Waals surface area contributed by atoms with Crippen LogP contribution in [-0.4, -0.2) is 63.7 Å². The highest BCUT2D eigenvalue weighted by Gasteiger charge is 2.27. The zero-order chi connectivity index (χ0) is 25.0. The highest BCUT2D eigenvalue weighted by atomic mass is 32.2. The molecule has 2 aromatic rings. The third-order valence-electron chi connectivity index (χ3n) is 5.63. The molecule has 0 bridgehead atoms. The summed E-state index contributed by atoms with van der Waals surface area (Å²) in [4.78, 5) is 39.0. The third-order valence-corrected chi connectivity index (χ3v) is 7.44. The van der Waals surface area contributed by atoms with Crippen LogP contribution in [-0.2, 0) is 19.6 Å². The number of ketones is 1. The van der Waals surface area contributed by atoms with E-state index in [0.717, 1.165) is 30.2 Å². The van der Waals surface area contributed by atoms with E-state index in [4.69, 9.17) is 4.74 Å². The molecule has 1 unspecified atom stereocenters. The second kappa shape index (κ2) is 10.4. The summed E-state index contributed by atoms with van der Waals surface area (Å²) in [5.74, 6) is -1.43. The van der Waals surface area contributed by atoms with E-state index >= 15 is 0 Å². The second-order valence-corrected chi connectivity index (χ2v) is 10.5. The normalized spacial score (nSPS) is 14.7. The Morgan fingerprint density at radius 1 is 1.03 bits per heavy atom. The third kappa shape index (κ3) is 5.63. The summed E-state index contributed by atoms with van der Waals surface area (Å²) in [6.45, 7) is 4.37. The monoisotopic (exact) mass is 487 g/mol. The number of nitrogens with zero attached hydrogens (tertiary/aromatic N) is 2. The molecule has 0 saturated carbocycles. The molecule has 1 saturated heterocycles. The van der Waals surface area contributed by atoms with Crippen molar-refractivity contribution >= 4 is 39.1 Å². The minimum atomic E-state index is -3.76. The van der Waals surface area contributed by atoms with Crippen LogP contribution in [0.15, 0.2) is 47.4 Å². The number of nitrogens with one attached hydrogen (secondary N) is 1. The number of anilines is 2. The zero-order valence-corrected chi connectivity index (χ0v) is 20.5. The summed E-state index contributed by atoms with van der Waals surface area (Å²) in [6.07, 6.45) is 0.793. The van der Waals surface area contributed by atoms with E-state index in [2.05, 4.69) is 5.32 Å². The molecule has 0 spiro atoms. The van der Waals surface area contributed by atoms with Gasteiger partial charge in [-0.05, 0) is 69.2 Å². The lowest BCUT2D eigenvalue weighted by Gasteiger charge is -2.23. The van der Waals surface area contributed by atoms with E-state index in [0.29, 0.717) is 16.9 Å². The van der Waals surface area contributed by atoms with Crippen LogP contribution in [0.2, 0.25) is 0 Å². The van der Waals surface area contributed by atoms with Gasteiger partial charge in [-0.1, -0.05) is 0 Å². The van der Waals surface area contributed by atoms with Gasteiger partial charge in [-0.2, -0.15) is 0 Å². The lowest BCUT2D eigenvalue weighted by atomic mass is 10.1. The number of carbonyl (C=O) groups excluding carboxylic acids is 3. The van der Waals surface area contributed by atoms with E-state index in [1.807, 2.05) is 4.90 Å². The van der Waals surface area contributed by atoms with E-state index in [1.165, 1.54) is 40.1 Å². The summed E-state index contributed by atoms with van der Waals surface area (Å²) >= 11 is 0. The number of amides is 1. The average molecular weight is 488 g/mol. The number of Topliss-reactive ketones (excluding diaryl/α,β-unsaturated/α-hetero) is 1. The van der Waals surface area contributed by atoms with Crippen LogP contribution in [0.5, 0.6) is 0 Å². The number of hydrogen-bond acceptors (Lipinski definition) is 7. The second-order valence-electron chi connectivity index (χ2n) is 8.33.